The highest BCUT2D eigenvalue weighted by molar-refractivity contribution is 9.09. The van der Waals surface area contributed by atoms with Crippen LogP contribution in [0.5, 0.6) is 0 Å². The van der Waals surface area contributed by atoms with Gasteiger partial charge in [0.05, 0.1) is 5.88 Å². The average molecular weight is 352 g/mol. The summed E-state index contributed by atoms with van der Waals surface area (Å²) in [6.07, 6.45) is -0.593. The van der Waals surface area contributed by atoms with Gasteiger partial charge in [0.2, 0.25) is 0 Å². The van der Waals surface area contributed by atoms with Gasteiger partial charge in [0.1, 0.15) is 23.4 Å². The minimum Gasteiger partial charge on any atom is -0.461 e. The summed E-state index contributed by atoms with van der Waals surface area (Å²) in [6.45, 7) is -0.0212. The fraction of sp³-hybridized carbons (Fsp3) is 0.714. The van der Waals surface area contributed by atoms with Crippen molar-refractivity contribution in [3.05, 3.63) is 0 Å². The number of carbonyl (C=O) groups is 2. The molecule has 0 aliphatic rings. The van der Waals surface area contributed by atoms with Crippen molar-refractivity contribution in [2.45, 2.75) is 6.10 Å². The molecular weight excluding hydrogens is 343 g/mol. The third kappa shape index (κ3) is 6.62. The van der Waals surface area contributed by atoms with Crippen molar-refractivity contribution >= 4 is 55.4 Å². The van der Waals surface area contributed by atoms with Crippen LogP contribution >= 0.6 is 43.5 Å². The predicted octanol–water partition coefficient (Wildman–Crippen LogP) is 1.47. The van der Waals surface area contributed by atoms with Crippen LogP contribution in [-0.4, -0.2) is 41.2 Å². The predicted molar refractivity (Wildman–Crippen MR) is 59.1 cm³/mol. The highest BCUT2D eigenvalue weighted by atomic mass is 79.9. The summed E-state index contributed by atoms with van der Waals surface area (Å²) in [4.78, 5) is 21.5. The van der Waals surface area contributed by atoms with Gasteiger partial charge in [0.15, 0.2) is 0 Å². The molecule has 1 unspecified atom stereocenters. The fourth-order valence-corrected chi connectivity index (χ4v) is 0.998. The number of hydrogen-bond donors (Lipinski definition) is 0. The maximum absolute atomic E-state index is 10.8. The van der Waals surface area contributed by atoms with Crippen molar-refractivity contribution in [1.29, 1.82) is 0 Å². The molecule has 0 heterocycles. The molecule has 0 bridgehead atoms. The van der Waals surface area contributed by atoms with Gasteiger partial charge in [0, 0.05) is 0 Å². The van der Waals surface area contributed by atoms with Gasteiger partial charge in [-0.25, -0.2) is 0 Å². The molecule has 0 radical (unpaired) electrons. The summed E-state index contributed by atoms with van der Waals surface area (Å²) in [5.41, 5.74) is 0. The van der Waals surface area contributed by atoms with E-state index in [0.29, 0.717) is 0 Å². The van der Waals surface area contributed by atoms with Gasteiger partial charge >= 0.3 is 11.9 Å². The molecule has 0 aliphatic heterocycles. The van der Waals surface area contributed by atoms with Crippen LogP contribution in [-0.2, 0) is 19.1 Å². The Hall–Kier alpha value is 0.190. The van der Waals surface area contributed by atoms with E-state index < -0.39 is 18.0 Å². The van der Waals surface area contributed by atoms with E-state index in [1.807, 2.05) is 0 Å². The van der Waals surface area contributed by atoms with E-state index in [-0.39, 0.29) is 23.1 Å². The highest BCUT2D eigenvalue weighted by Gasteiger charge is 2.14. The molecule has 4 nitrogen and oxygen atoms in total. The third-order valence-electron chi connectivity index (χ3n) is 1.12. The van der Waals surface area contributed by atoms with E-state index in [4.69, 9.17) is 21.1 Å². The van der Waals surface area contributed by atoms with Crippen molar-refractivity contribution in [2.24, 2.45) is 0 Å². The van der Waals surface area contributed by atoms with Crippen molar-refractivity contribution in [2.75, 3.05) is 23.1 Å². The van der Waals surface area contributed by atoms with E-state index in [1.165, 1.54) is 0 Å². The smallest absolute Gasteiger partial charge is 0.316 e. The minimum absolute atomic E-state index is 0.0212. The van der Waals surface area contributed by atoms with E-state index in [1.54, 1.807) is 0 Å². The van der Waals surface area contributed by atoms with E-state index >= 15 is 0 Å². The molecular formula is C7H9Br2ClO4. The SMILES string of the molecule is O=C(CBr)OCC(CCl)OC(=O)CBr. The van der Waals surface area contributed by atoms with E-state index in [0.717, 1.165) is 0 Å². The fourth-order valence-electron chi connectivity index (χ4n) is 0.552. The summed E-state index contributed by atoms with van der Waals surface area (Å²) in [6, 6.07) is 0. The van der Waals surface area contributed by atoms with Gasteiger partial charge in [-0.2, -0.15) is 0 Å². The molecule has 0 saturated carbocycles. The second-order valence-corrected chi connectivity index (χ2v) is 3.65. The van der Waals surface area contributed by atoms with Crippen LogP contribution in [0, 0.1) is 0 Å². The standard InChI is InChI=1S/C7H9Br2ClO4/c8-1-6(11)13-4-5(3-10)14-7(12)2-9/h5H,1-4H2. The lowest BCUT2D eigenvalue weighted by Gasteiger charge is -2.14. The van der Waals surface area contributed by atoms with Crippen LogP contribution in [0.25, 0.3) is 0 Å². The first-order valence-electron chi connectivity index (χ1n) is 3.67. The zero-order chi connectivity index (χ0) is 11.0. The lowest BCUT2D eigenvalue weighted by Crippen LogP contribution is -2.27. The second kappa shape index (κ2) is 8.49. The van der Waals surface area contributed by atoms with Gasteiger partial charge in [-0.3, -0.25) is 9.59 Å². The van der Waals surface area contributed by atoms with Crippen molar-refractivity contribution in [1.82, 2.24) is 0 Å². The number of hydrogen-bond acceptors (Lipinski definition) is 4. The van der Waals surface area contributed by atoms with Gasteiger partial charge in [-0.05, 0) is 0 Å². The summed E-state index contributed by atoms with van der Waals surface area (Å²) < 4.78 is 9.56. The lowest BCUT2D eigenvalue weighted by molar-refractivity contribution is -0.154. The molecule has 0 aromatic carbocycles. The molecule has 0 spiro atoms. The Morgan fingerprint density at radius 2 is 1.79 bits per heavy atom. The molecule has 0 N–H and O–H groups in total. The van der Waals surface area contributed by atoms with Gasteiger partial charge in [0.25, 0.3) is 0 Å². The molecule has 0 amide bonds. The zero-order valence-corrected chi connectivity index (χ0v) is 11.1. The monoisotopic (exact) mass is 350 g/mol. The van der Waals surface area contributed by atoms with Crippen LogP contribution in [0.15, 0.2) is 0 Å². The first-order chi connectivity index (χ1) is 6.63. The van der Waals surface area contributed by atoms with E-state index in [2.05, 4.69) is 31.9 Å². The molecule has 1 atom stereocenters. The Bertz CT molecular complexity index is 200. The lowest BCUT2D eigenvalue weighted by atomic mass is 10.4. The molecule has 0 aromatic rings. The number of carbonyl (C=O) groups excluding carboxylic acids is 2. The minimum atomic E-state index is -0.593. The summed E-state index contributed by atoms with van der Waals surface area (Å²) in [7, 11) is 0. The highest BCUT2D eigenvalue weighted by Crippen LogP contribution is 2.00. The van der Waals surface area contributed by atoms with Gasteiger partial charge < -0.3 is 9.47 Å². The first-order valence-corrected chi connectivity index (χ1v) is 6.44. The summed E-state index contributed by atoms with van der Waals surface area (Å²) >= 11 is 11.4. The van der Waals surface area contributed by atoms with Crippen LogP contribution < -0.4 is 0 Å². The Morgan fingerprint density at radius 1 is 1.21 bits per heavy atom. The van der Waals surface area contributed by atoms with Crippen LogP contribution in [0.4, 0.5) is 0 Å². The molecule has 82 valence electrons. The maximum atomic E-state index is 10.8. The Labute approximate surface area is 104 Å². The number of rotatable bonds is 6. The topological polar surface area (TPSA) is 52.6 Å². The van der Waals surface area contributed by atoms with Crippen LogP contribution in [0.3, 0.4) is 0 Å². The molecule has 0 saturated heterocycles. The zero-order valence-electron chi connectivity index (χ0n) is 7.17. The quantitative estimate of drug-likeness (QED) is 0.537. The van der Waals surface area contributed by atoms with Crippen molar-refractivity contribution in [3.63, 3.8) is 0 Å². The number of esters is 2. The normalized spacial score (nSPS) is 11.9. The first kappa shape index (κ1) is 14.2. The largest absolute Gasteiger partial charge is 0.461 e. The van der Waals surface area contributed by atoms with E-state index in [9.17, 15) is 9.59 Å². The molecule has 0 aliphatic carbocycles. The average Bonchev–Trinajstić information content (AvgIpc) is 2.22. The molecule has 0 aromatic heterocycles. The maximum Gasteiger partial charge on any atom is 0.316 e. The van der Waals surface area contributed by atoms with Crippen LogP contribution in [0.1, 0.15) is 0 Å². The number of halogens is 3. The second-order valence-electron chi connectivity index (χ2n) is 2.22. The Morgan fingerprint density at radius 3 is 2.21 bits per heavy atom. The Kier molecular flexibility index (Phi) is 8.61. The van der Waals surface area contributed by atoms with Gasteiger partial charge in [-0.15, -0.1) is 11.6 Å². The number of alkyl halides is 3. The third-order valence-corrected chi connectivity index (χ3v) is 2.38. The van der Waals surface area contributed by atoms with Crippen molar-refractivity contribution in [3.8, 4) is 0 Å². The number of ether oxygens (including phenoxy) is 2. The molecule has 0 rings (SSSR count). The van der Waals surface area contributed by atoms with Crippen LogP contribution in [0.2, 0.25) is 0 Å². The molecule has 14 heavy (non-hydrogen) atoms. The summed E-state index contributed by atoms with van der Waals surface area (Å²) in [5, 5.41) is 0.196. The Balaban J connectivity index is 3.79. The van der Waals surface area contributed by atoms with Gasteiger partial charge in [-0.1, -0.05) is 31.9 Å². The summed E-state index contributed by atoms with van der Waals surface area (Å²) in [5.74, 6) is -0.769. The molecule has 7 heteroatoms. The van der Waals surface area contributed by atoms with Crippen molar-refractivity contribution < 1.29 is 19.1 Å². The molecule has 0 fully saturated rings.